The van der Waals surface area contributed by atoms with Crippen molar-refractivity contribution in [2.75, 3.05) is 0 Å². The van der Waals surface area contributed by atoms with E-state index >= 15 is 0 Å². The van der Waals surface area contributed by atoms with E-state index in [0.29, 0.717) is 11.5 Å². The van der Waals surface area contributed by atoms with Crippen LogP contribution in [0.15, 0.2) is 227 Å². The fourth-order valence-corrected chi connectivity index (χ4v) is 11.5. The van der Waals surface area contributed by atoms with Gasteiger partial charge in [-0.1, -0.05) is 154 Å². The number of hydrogen-bond donors (Lipinski definition) is 0. The van der Waals surface area contributed by atoms with Crippen molar-refractivity contribution in [2.24, 2.45) is 15.9 Å². The zero-order chi connectivity index (χ0) is 46.2. The number of hydrogen-bond acceptors (Lipinski definition) is 3. The summed E-state index contributed by atoms with van der Waals surface area (Å²) in [6, 6.07) is 74.0. The highest BCUT2D eigenvalue weighted by Gasteiger charge is 2.24. The molecule has 0 saturated carbocycles. The number of para-hydroxylation sites is 1. The summed E-state index contributed by atoms with van der Waals surface area (Å²) in [5, 5.41) is 11.8. The van der Waals surface area contributed by atoms with Gasteiger partial charge in [0, 0.05) is 64.1 Å². The Bertz CT molecular complexity index is 4190. The molecule has 3 aromatic heterocycles. The second-order valence-electron chi connectivity index (χ2n) is 18.2. The van der Waals surface area contributed by atoms with Gasteiger partial charge in [-0.05, 0) is 118 Å². The maximum Gasteiger partial charge on any atom is 0.160 e. The van der Waals surface area contributed by atoms with Gasteiger partial charge >= 0.3 is 0 Å². The fourth-order valence-electron chi connectivity index (χ4n) is 10.3. The minimum Gasteiger partial charge on any atom is -0.456 e. The van der Waals surface area contributed by atoms with E-state index in [1.54, 1.807) is 0 Å². The Kier molecular flexibility index (Phi) is 9.74. The summed E-state index contributed by atoms with van der Waals surface area (Å²) >= 11 is 1.84. The Labute approximate surface area is 403 Å². The third kappa shape index (κ3) is 6.96. The van der Waals surface area contributed by atoms with Gasteiger partial charge < -0.3 is 8.98 Å². The molecule has 0 aliphatic heterocycles. The van der Waals surface area contributed by atoms with Crippen molar-refractivity contribution in [1.82, 2.24) is 4.57 Å². The van der Waals surface area contributed by atoms with Crippen LogP contribution in [0.25, 0.3) is 108 Å². The number of amidine groups is 1. The molecule has 0 saturated heterocycles. The summed E-state index contributed by atoms with van der Waals surface area (Å²) < 4.78 is 11.3. The van der Waals surface area contributed by atoms with Crippen molar-refractivity contribution in [3.8, 4) is 16.8 Å². The second-order valence-corrected chi connectivity index (χ2v) is 19.3. The number of aliphatic imine (C=N–C) groups is 2. The smallest absolute Gasteiger partial charge is 0.160 e. The van der Waals surface area contributed by atoms with Crippen LogP contribution in [0.4, 0.5) is 0 Å². The quantitative estimate of drug-likeness (QED) is 0.111. The maximum atomic E-state index is 6.34. The summed E-state index contributed by atoms with van der Waals surface area (Å²) in [5.74, 6) is 0.659. The first kappa shape index (κ1) is 40.9. The van der Waals surface area contributed by atoms with Gasteiger partial charge in [-0.25, -0.2) is 9.98 Å². The van der Waals surface area contributed by atoms with Crippen molar-refractivity contribution >= 4 is 114 Å². The average molecular weight is 904 g/mol. The Morgan fingerprint density at radius 1 is 0.522 bits per heavy atom. The molecule has 13 aromatic rings. The first-order valence-electron chi connectivity index (χ1n) is 23.7. The van der Waals surface area contributed by atoms with E-state index in [4.69, 9.17) is 14.4 Å². The molecule has 10 aromatic carbocycles. The van der Waals surface area contributed by atoms with Gasteiger partial charge in [-0.3, -0.25) is 0 Å². The Balaban J connectivity index is 1.09. The van der Waals surface area contributed by atoms with Gasteiger partial charge in [0.25, 0.3) is 0 Å². The van der Waals surface area contributed by atoms with E-state index in [0.717, 1.165) is 67.6 Å². The van der Waals surface area contributed by atoms with Gasteiger partial charge in [-0.2, -0.15) is 0 Å². The van der Waals surface area contributed by atoms with Crippen LogP contribution in [0.2, 0.25) is 0 Å². The number of benzene rings is 10. The van der Waals surface area contributed by atoms with E-state index in [1.807, 2.05) is 29.5 Å². The second kappa shape index (κ2) is 16.4. The lowest BCUT2D eigenvalue weighted by atomic mass is 9.92. The van der Waals surface area contributed by atoms with Crippen molar-refractivity contribution in [1.29, 1.82) is 0 Å². The van der Waals surface area contributed by atoms with Crippen LogP contribution in [0, 0.1) is 5.92 Å². The monoisotopic (exact) mass is 903 g/mol. The number of aromatic nitrogens is 1. The molecule has 0 radical (unpaired) electrons. The predicted octanol–water partition coefficient (Wildman–Crippen LogP) is 18.0. The van der Waals surface area contributed by atoms with Crippen LogP contribution in [-0.2, 0) is 0 Å². The molecule has 0 spiro atoms. The minimum absolute atomic E-state index is 0.0616. The molecule has 69 heavy (non-hydrogen) atoms. The molecule has 5 heteroatoms. The van der Waals surface area contributed by atoms with Crippen LogP contribution in [0.5, 0.6) is 0 Å². The molecule has 3 heterocycles. The molecular formula is C64H45N3OS. The summed E-state index contributed by atoms with van der Waals surface area (Å²) in [6.45, 7) is 9.18. The number of furan rings is 1. The highest BCUT2D eigenvalue weighted by Crippen LogP contribution is 2.43. The predicted molar refractivity (Wildman–Crippen MR) is 296 cm³/mol. The van der Waals surface area contributed by atoms with E-state index in [9.17, 15) is 0 Å². The summed E-state index contributed by atoms with van der Waals surface area (Å²) in [6.07, 6.45) is 0.874. The van der Waals surface area contributed by atoms with Crippen LogP contribution in [-0.4, -0.2) is 16.1 Å². The molecule has 13 rings (SSSR count). The number of rotatable bonds is 8. The van der Waals surface area contributed by atoms with Crippen molar-refractivity contribution in [3.05, 3.63) is 230 Å². The Morgan fingerprint density at radius 3 is 1.87 bits per heavy atom. The van der Waals surface area contributed by atoms with Gasteiger partial charge in [0.15, 0.2) is 5.84 Å². The van der Waals surface area contributed by atoms with Crippen LogP contribution >= 0.6 is 11.3 Å². The van der Waals surface area contributed by atoms with Crippen LogP contribution in [0.3, 0.4) is 0 Å². The molecule has 0 fully saturated rings. The van der Waals surface area contributed by atoms with E-state index in [2.05, 4.69) is 213 Å². The summed E-state index contributed by atoms with van der Waals surface area (Å²) in [7, 11) is 0. The summed E-state index contributed by atoms with van der Waals surface area (Å²) in [4.78, 5) is 11.3. The third-order valence-corrected chi connectivity index (χ3v) is 15.1. The number of fused-ring (bicyclic) bond motifs is 11. The minimum atomic E-state index is 0.0616. The molecule has 0 N–H and O–H groups in total. The molecule has 0 aliphatic carbocycles. The molecule has 0 aliphatic rings. The highest BCUT2D eigenvalue weighted by atomic mass is 32.1. The van der Waals surface area contributed by atoms with Gasteiger partial charge in [0.2, 0.25) is 0 Å². The molecule has 1 unspecified atom stereocenters. The van der Waals surface area contributed by atoms with E-state index in [1.165, 1.54) is 63.5 Å². The van der Waals surface area contributed by atoms with Crippen molar-refractivity contribution in [3.63, 3.8) is 0 Å². The van der Waals surface area contributed by atoms with Gasteiger partial charge in [0.1, 0.15) is 11.2 Å². The molecule has 0 amide bonds. The lowest BCUT2D eigenvalue weighted by Crippen LogP contribution is -2.16. The first-order valence-corrected chi connectivity index (χ1v) is 24.5. The molecule has 328 valence electrons. The largest absolute Gasteiger partial charge is 0.456 e. The number of nitrogens with zero attached hydrogens (tertiary/aromatic N) is 3. The SMILES string of the molecule is C=C(N=C(N=C(c1cc(-n2c3cc4ccccc4cc3c3cc4ccccc4cc32)cc2sc3ccccc3c12)C(C)CC)c1ccc2oc3ccccc3c2c1)c1cccc(-c2ccccc2)c1. The maximum absolute atomic E-state index is 6.34. The van der Waals surface area contributed by atoms with Crippen molar-refractivity contribution < 1.29 is 4.42 Å². The van der Waals surface area contributed by atoms with Crippen LogP contribution < -0.4 is 0 Å². The fraction of sp³-hybridized carbons (Fsp3) is 0.0625. The number of thiophene rings is 1. The average Bonchev–Trinajstić information content (AvgIpc) is 4.07. The zero-order valence-corrected chi connectivity index (χ0v) is 39.1. The lowest BCUT2D eigenvalue weighted by molar-refractivity contribution is 0.669. The summed E-state index contributed by atoms with van der Waals surface area (Å²) in [5.41, 5.74) is 11.9. The molecule has 1 atom stereocenters. The first-order chi connectivity index (χ1) is 34.0. The zero-order valence-electron chi connectivity index (χ0n) is 38.3. The van der Waals surface area contributed by atoms with E-state index in [-0.39, 0.29) is 5.92 Å². The van der Waals surface area contributed by atoms with E-state index < -0.39 is 0 Å². The third-order valence-electron chi connectivity index (χ3n) is 14.0. The lowest BCUT2D eigenvalue weighted by Gasteiger charge is -2.19. The topological polar surface area (TPSA) is 42.8 Å². The normalized spacial score (nSPS) is 13.0. The van der Waals surface area contributed by atoms with Gasteiger partial charge in [-0.15, -0.1) is 11.3 Å². The Hall–Kier alpha value is -8.38. The highest BCUT2D eigenvalue weighted by molar-refractivity contribution is 7.26. The van der Waals surface area contributed by atoms with Crippen molar-refractivity contribution in [2.45, 2.75) is 20.3 Å². The molecule has 4 nitrogen and oxygen atoms in total. The Morgan fingerprint density at radius 2 is 1.14 bits per heavy atom. The molecular weight excluding hydrogens is 859 g/mol. The van der Waals surface area contributed by atoms with Gasteiger partial charge in [0.05, 0.1) is 22.4 Å². The standard InChI is InChI=1S/C64H45N3OS/c1-4-39(2)63(66-64(48-29-30-59-54(34-48)50-25-12-14-27-58(50)68-59)65-40(3)42-23-16-24-43(31-42)41-17-6-5-7-18-41)55-37-49(38-61-62(55)51-26-13-15-28-60(51)69-61)67-56-35-46-21-10-8-19-44(46)32-52(56)53-33-45-20-9-11-22-47(45)36-57(53)67/h5-39H,3-4H2,1-2H3. The molecule has 0 bridgehead atoms. The van der Waals surface area contributed by atoms with Crippen LogP contribution in [0.1, 0.15) is 37.0 Å².